The molecule has 0 saturated heterocycles. The van der Waals surface area contributed by atoms with Crippen molar-refractivity contribution in [2.45, 2.75) is 32.9 Å². The number of nitrogens with zero attached hydrogens (tertiary/aromatic N) is 3. The van der Waals surface area contributed by atoms with E-state index in [0.717, 1.165) is 12.8 Å². The van der Waals surface area contributed by atoms with E-state index in [9.17, 15) is 14.3 Å². The molecule has 5 nitrogen and oxygen atoms in total. The highest BCUT2D eigenvalue weighted by molar-refractivity contribution is 5.81. The topological polar surface area (TPSA) is 58.4 Å². The average molecular weight is 293 g/mol. The van der Waals surface area contributed by atoms with E-state index in [1.165, 1.54) is 12.1 Å². The second-order valence-corrected chi connectivity index (χ2v) is 5.07. The smallest absolute Gasteiger partial charge is 0.242 e. The molecule has 0 fully saturated rings. The number of hydrogen-bond acceptors (Lipinski definition) is 3. The zero-order valence-corrected chi connectivity index (χ0v) is 12.3. The van der Waals surface area contributed by atoms with Gasteiger partial charge in [0.25, 0.3) is 0 Å². The summed E-state index contributed by atoms with van der Waals surface area (Å²) in [6.07, 6.45) is 1.97. The number of halogens is 1. The van der Waals surface area contributed by atoms with Gasteiger partial charge < -0.3 is 14.6 Å². The fraction of sp³-hybridized carbons (Fsp3) is 0.467. The minimum absolute atomic E-state index is 0.0539. The number of fused-ring (bicyclic) bond motifs is 1. The highest BCUT2D eigenvalue weighted by atomic mass is 19.1. The second kappa shape index (κ2) is 6.67. The van der Waals surface area contributed by atoms with Gasteiger partial charge in [-0.1, -0.05) is 13.3 Å². The highest BCUT2D eigenvalue weighted by Crippen LogP contribution is 2.18. The quantitative estimate of drug-likeness (QED) is 0.885. The van der Waals surface area contributed by atoms with Crippen molar-refractivity contribution in [3.8, 4) is 0 Å². The largest absolute Gasteiger partial charge is 0.388 e. The van der Waals surface area contributed by atoms with Gasteiger partial charge in [-0.25, -0.2) is 9.37 Å². The summed E-state index contributed by atoms with van der Waals surface area (Å²) in [6.45, 7) is 2.58. The van der Waals surface area contributed by atoms with E-state index in [1.54, 1.807) is 22.6 Å². The Hall–Kier alpha value is -1.95. The van der Waals surface area contributed by atoms with Crippen LogP contribution in [-0.2, 0) is 17.9 Å². The summed E-state index contributed by atoms with van der Waals surface area (Å²) >= 11 is 0. The number of aliphatic hydroxyl groups excluding tert-OH is 1. The molecular formula is C15H20FN3O2. The van der Waals surface area contributed by atoms with Crippen molar-refractivity contribution in [2.24, 2.45) is 0 Å². The van der Waals surface area contributed by atoms with E-state index in [4.69, 9.17) is 0 Å². The van der Waals surface area contributed by atoms with Gasteiger partial charge in [-0.3, -0.25) is 4.79 Å². The minimum atomic E-state index is -0.386. The molecule has 1 aromatic carbocycles. The first-order valence-electron chi connectivity index (χ1n) is 7.06. The molecule has 0 unspecified atom stereocenters. The van der Waals surface area contributed by atoms with E-state index in [1.807, 2.05) is 0 Å². The van der Waals surface area contributed by atoms with Gasteiger partial charge in [0.1, 0.15) is 24.8 Å². The van der Waals surface area contributed by atoms with Crippen molar-refractivity contribution in [3.05, 3.63) is 29.8 Å². The van der Waals surface area contributed by atoms with Gasteiger partial charge in [0.15, 0.2) is 0 Å². The Morgan fingerprint density at radius 3 is 2.90 bits per heavy atom. The number of likely N-dealkylation sites (N-methyl/N-ethyl adjacent to an activating group) is 1. The van der Waals surface area contributed by atoms with Gasteiger partial charge in [0, 0.05) is 19.7 Å². The number of imidazole rings is 1. The molecule has 2 aromatic rings. The molecule has 1 N–H and O–H groups in total. The predicted molar refractivity (Wildman–Crippen MR) is 78.2 cm³/mol. The lowest BCUT2D eigenvalue weighted by atomic mass is 10.3. The molecule has 0 saturated carbocycles. The molecule has 2 rings (SSSR count). The Morgan fingerprint density at radius 1 is 1.48 bits per heavy atom. The molecule has 0 spiro atoms. The Morgan fingerprint density at radius 2 is 2.24 bits per heavy atom. The molecule has 0 aliphatic heterocycles. The van der Waals surface area contributed by atoms with Crippen molar-refractivity contribution in [1.82, 2.24) is 14.5 Å². The second-order valence-electron chi connectivity index (χ2n) is 5.07. The number of hydrogen-bond donors (Lipinski definition) is 1. The van der Waals surface area contributed by atoms with Crippen LogP contribution in [0.4, 0.5) is 4.39 Å². The van der Waals surface area contributed by atoms with Crippen LogP contribution in [0.15, 0.2) is 18.2 Å². The molecule has 114 valence electrons. The normalized spacial score (nSPS) is 11.0. The van der Waals surface area contributed by atoms with Gasteiger partial charge in [-0.15, -0.1) is 0 Å². The third-order valence-corrected chi connectivity index (χ3v) is 3.50. The number of unbranched alkanes of at least 4 members (excludes halogenated alkanes) is 1. The lowest BCUT2D eigenvalue weighted by Gasteiger charge is -2.18. The number of rotatable bonds is 6. The van der Waals surface area contributed by atoms with E-state index >= 15 is 0 Å². The van der Waals surface area contributed by atoms with E-state index in [-0.39, 0.29) is 24.9 Å². The third-order valence-electron chi connectivity index (χ3n) is 3.50. The molecule has 21 heavy (non-hydrogen) atoms. The zero-order chi connectivity index (χ0) is 15.4. The third kappa shape index (κ3) is 3.39. The molecule has 0 atom stereocenters. The van der Waals surface area contributed by atoms with E-state index < -0.39 is 0 Å². The Labute approximate surface area is 123 Å². The first-order valence-corrected chi connectivity index (χ1v) is 7.06. The number of carbonyl (C=O) groups excluding carboxylic acids is 1. The summed E-state index contributed by atoms with van der Waals surface area (Å²) in [7, 11) is 1.76. The molecule has 0 aliphatic rings. The Balaban J connectivity index is 2.26. The standard InChI is InChI=1S/C15H20FN3O2/c1-3-4-7-18(2)15(21)9-19-13-6-5-11(16)8-12(13)17-14(19)10-20/h5-6,8,20H,3-4,7,9-10H2,1-2H3. The van der Waals surface area contributed by atoms with Crippen LogP contribution < -0.4 is 0 Å². The van der Waals surface area contributed by atoms with Crippen LogP contribution >= 0.6 is 0 Å². The minimum Gasteiger partial charge on any atom is -0.388 e. The number of amides is 1. The van der Waals surface area contributed by atoms with Gasteiger partial charge in [-0.2, -0.15) is 0 Å². The predicted octanol–water partition coefficient (Wildman–Crippen LogP) is 1.93. The lowest BCUT2D eigenvalue weighted by molar-refractivity contribution is -0.130. The van der Waals surface area contributed by atoms with Crippen LogP contribution in [0.1, 0.15) is 25.6 Å². The molecule has 0 bridgehead atoms. The van der Waals surface area contributed by atoms with Crippen LogP contribution in [-0.4, -0.2) is 39.1 Å². The summed E-state index contributed by atoms with van der Waals surface area (Å²) in [5.74, 6) is -0.0716. The molecule has 1 heterocycles. The SMILES string of the molecule is CCCCN(C)C(=O)Cn1c(CO)nc2cc(F)ccc21. The number of aliphatic hydroxyl groups is 1. The number of benzene rings is 1. The van der Waals surface area contributed by atoms with E-state index in [0.29, 0.717) is 23.4 Å². The van der Waals surface area contributed by atoms with Crippen molar-refractivity contribution in [3.63, 3.8) is 0 Å². The number of carbonyl (C=O) groups is 1. The van der Waals surface area contributed by atoms with Crippen LogP contribution in [0.5, 0.6) is 0 Å². The van der Waals surface area contributed by atoms with Gasteiger partial charge in [0.05, 0.1) is 11.0 Å². The monoisotopic (exact) mass is 293 g/mol. The van der Waals surface area contributed by atoms with Gasteiger partial charge >= 0.3 is 0 Å². The van der Waals surface area contributed by atoms with Gasteiger partial charge in [-0.05, 0) is 18.6 Å². The van der Waals surface area contributed by atoms with Crippen molar-refractivity contribution < 1.29 is 14.3 Å². The fourth-order valence-corrected chi connectivity index (χ4v) is 2.23. The van der Waals surface area contributed by atoms with Crippen LogP contribution in [0.25, 0.3) is 11.0 Å². The maximum atomic E-state index is 13.2. The van der Waals surface area contributed by atoms with Crippen LogP contribution in [0.3, 0.4) is 0 Å². The van der Waals surface area contributed by atoms with Crippen molar-refractivity contribution in [2.75, 3.05) is 13.6 Å². The molecule has 1 aromatic heterocycles. The molecule has 6 heteroatoms. The number of aromatic nitrogens is 2. The first kappa shape index (κ1) is 15.4. The molecule has 0 radical (unpaired) electrons. The fourth-order valence-electron chi connectivity index (χ4n) is 2.23. The summed E-state index contributed by atoms with van der Waals surface area (Å²) in [5.41, 5.74) is 1.10. The molecular weight excluding hydrogens is 273 g/mol. The maximum Gasteiger partial charge on any atom is 0.242 e. The van der Waals surface area contributed by atoms with Crippen LogP contribution in [0, 0.1) is 5.82 Å². The van der Waals surface area contributed by atoms with Crippen molar-refractivity contribution in [1.29, 1.82) is 0 Å². The van der Waals surface area contributed by atoms with Gasteiger partial charge in [0.2, 0.25) is 5.91 Å². The molecule has 1 amide bonds. The van der Waals surface area contributed by atoms with Crippen molar-refractivity contribution >= 4 is 16.9 Å². The van der Waals surface area contributed by atoms with E-state index in [2.05, 4.69) is 11.9 Å². The summed E-state index contributed by atoms with van der Waals surface area (Å²) in [4.78, 5) is 18.1. The summed E-state index contributed by atoms with van der Waals surface area (Å²) < 4.78 is 14.9. The maximum absolute atomic E-state index is 13.2. The lowest BCUT2D eigenvalue weighted by Crippen LogP contribution is -2.31. The van der Waals surface area contributed by atoms with Crippen LogP contribution in [0.2, 0.25) is 0 Å². The first-order chi connectivity index (χ1) is 10.1. The highest BCUT2D eigenvalue weighted by Gasteiger charge is 2.15. The summed E-state index contributed by atoms with van der Waals surface area (Å²) in [6, 6.07) is 4.21. The summed E-state index contributed by atoms with van der Waals surface area (Å²) in [5, 5.41) is 9.38. The molecule has 0 aliphatic carbocycles. The average Bonchev–Trinajstić information content (AvgIpc) is 2.81. The Kier molecular flexibility index (Phi) is 4.90. The zero-order valence-electron chi connectivity index (χ0n) is 12.3. The Bertz CT molecular complexity index is 639.